The van der Waals surface area contributed by atoms with Crippen molar-refractivity contribution in [3.05, 3.63) is 48.8 Å². The van der Waals surface area contributed by atoms with E-state index >= 15 is 0 Å². The van der Waals surface area contributed by atoms with Crippen LogP contribution in [0.1, 0.15) is 26.2 Å². The standard InChI is InChI=1S/C13H18O4.C4H4O4/c1-3-4-5-6-7-8-11-17-13(15)10-9-12(14)16-2;5-3(6)1-2-4(7)8/h6-11H,3-5H2,1-2H3;1-2H,(H,5,6)(H,7,8)/b7-6?,10-9+,11-8?;2-1-. The van der Waals surface area contributed by atoms with E-state index in [9.17, 15) is 19.2 Å². The molecule has 0 saturated heterocycles. The number of carbonyl (C=O) groups is 4. The van der Waals surface area contributed by atoms with Crippen molar-refractivity contribution in [2.24, 2.45) is 0 Å². The van der Waals surface area contributed by atoms with Gasteiger partial charge in [0.05, 0.1) is 13.4 Å². The molecule has 0 saturated carbocycles. The highest BCUT2D eigenvalue weighted by Crippen LogP contribution is 1.95. The van der Waals surface area contributed by atoms with Crippen molar-refractivity contribution in [2.75, 3.05) is 7.11 Å². The summed E-state index contributed by atoms with van der Waals surface area (Å²) in [7, 11) is 1.24. The molecule has 0 aliphatic rings. The lowest BCUT2D eigenvalue weighted by atomic mass is 10.2. The number of carboxylic acids is 2. The smallest absolute Gasteiger partial charge is 0.335 e. The zero-order chi connectivity index (χ0) is 19.5. The molecule has 0 aromatic rings. The third-order valence-corrected chi connectivity index (χ3v) is 2.16. The average molecular weight is 354 g/mol. The highest BCUT2D eigenvalue weighted by molar-refractivity contribution is 5.91. The summed E-state index contributed by atoms with van der Waals surface area (Å²) in [6, 6.07) is 0. The molecule has 0 aliphatic carbocycles. The van der Waals surface area contributed by atoms with Gasteiger partial charge in [-0.2, -0.15) is 0 Å². The van der Waals surface area contributed by atoms with Gasteiger partial charge in [-0.05, 0) is 12.5 Å². The number of carbonyl (C=O) groups excluding carboxylic acids is 2. The molecule has 0 unspecified atom stereocenters. The van der Waals surface area contributed by atoms with Gasteiger partial charge in [-0.25, -0.2) is 19.2 Å². The maximum absolute atomic E-state index is 11.0. The summed E-state index contributed by atoms with van der Waals surface area (Å²) < 4.78 is 9.00. The lowest BCUT2D eigenvalue weighted by Gasteiger charge is -1.91. The van der Waals surface area contributed by atoms with Gasteiger partial charge in [0, 0.05) is 24.3 Å². The van der Waals surface area contributed by atoms with E-state index in [0.29, 0.717) is 12.2 Å². The molecule has 0 rings (SSSR count). The molecular formula is C17H22O8. The Morgan fingerprint density at radius 2 is 1.44 bits per heavy atom. The minimum atomic E-state index is -1.26. The van der Waals surface area contributed by atoms with Crippen molar-refractivity contribution < 1.29 is 38.9 Å². The van der Waals surface area contributed by atoms with E-state index < -0.39 is 23.9 Å². The number of unbranched alkanes of at least 4 members (excludes halogenated alkanes) is 2. The summed E-state index contributed by atoms with van der Waals surface area (Å²) in [5.41, 5.74) is 0. The van der Waals surface area contributed by atoms with Gasteiger partial charge in [0.25, 0.3) is 0 Å². The van der Waals surface area contributed by atoms with Crippen LogP contribution in [0.25, 0.3) is 0 Å². The van der Waals surface area contributed by atoms with Crippen molar-refractivity contribution >= 4 is 23.9 Å². The number of allylic oxidation sites excluding steroid dienone is 3. The van der Waals surface area contributed by atoms with E-state index in [0.717, 1.165) is 31.4 Å². The normalized spacial score (nSPS) is 10.8. The summed E-state index contributed by atoms with van der Waals surface area (Å²) in [6.07, 6.45) is 13.1. The van der Waals surface area contributed by atoms with Gasteiger partial charge >= 0.3 is 23.9 Å². The molecule has 8 heteroatoms. The minimum absolute atomic E-state index is 0.558. The maximum Gasteiger partial charge on any atom is 0.335 e. The fourth-order valence-electron chi connectivity index (χ4n) is 1.03. The van der Waals surface area contributed by atoms with Crippen LogP contribution in [0.5, 0.6) is 0 Å². The molecule has 0 aromatic heterocycles. The van der Waals surface area contributed by atoms with Gasteiger partial charge in [-0.3, -0.25) is 0 Å². The molecule has 0 aliphatic heterocycles. The van der Waals surface area contributed by atoms with Gasteiger partial charge in [0.1, 0.15) is 0 Å². The Labute approximate surface area is 145 Å². The van der Waals surface area contributed by atoms with Crippen LogP contribution in [0.4, 0.5) is 0 Å². The first-order valence-corrected chi connectivity index (χ1v) is 7.25. The van der Waals surface area contributed by atoms with E-state index in [2.05, 4.69) is 16.4 Å². The Morgan fingerprint density at radius 3 is 1.92 bits per heavy atom. The van der Waals surface area contributed by atoms with Crippen molar-refractivity contribution in [1.82, 2.24) is 0 Å². The topological polar surface area (TPSA) is 127 Å². The fourth-order valence-corrected chi connectivity index (χ4v) is 1.03. The van der Waals surface area contributed by atoms with Crippen LogP contribution < -0.4 is 0 Å². The highest BCUT2D eigenvalue weighted by Gasteiger charge is 1.96. The van der Waals surface area contributed by atoms with Crippen LogP contribution in [0, 0.1) is 0 Å². The van der Waals surface area contributed by atoms with Crippen LogP contribution in [0.3, 0.4) is 0 Å². The van der Waals surface area contributed by atoms with Gasteiger partial charge in [0.2, 0.25) is 0 Å². The zero-order valence-corrected chi connectivity index (χ0v) is 14.1. The molecule has 0 bridgehead atoms. The summed E-state index contributed by atoms with van der Waals surface area (Å²) in [6.45, 7) is 2.12. The second-order valence-electron chi connectivity index (χ2n) is 4.20. The third-order valence-electron chi connectivity index (χ3n) is 2.16. The second kappa shape index (κ2) is 17.2. The third kappa shape index (κ3) is 23.2. The molecule has 8 nitrogen and oxygen atoms in total. The van der Waals surface area contributed by atoms with Crippen LogP contribution in [0.15, 0.2) is 48.8 Å². The summed E-state index contributed by atoms with van der Waals surface area (Å²) >= 11 is 0. The maximum atomic E-state index is 11.0. The van der Waals surface area contributed by atoms with E-state index in [1.165, 1.54) is 13.4 Å². The zero-order valence-electron chi connectivity index (χ0n) is 14.1. The number of rotatable bonds is 9. The first-order valence-electron chi connectivity index (χ1n) is 7.25. The first kappa shape index (κ1) is 24.1. The van der Waals surface area contributed by atoms with Crippen molar-refractivity contribution in [3.63, 3.8) is 0 Å². The van der Waals surface area contributed by atoms with Gasteiger partial charge in [-0.1, -0.05) is 31.9 Å². The molecule has 0 heterocycles. The number of carboxylic acid groups (broad SMARTS) is 2. The average Bonchev–Trinajstić information content (AvgIpc) is 2.57. The summed E-state index contributed by atoms with van der Waals surface area (Å²) in [5.74, 6) is -3.72. The lowest BCUT2D eigenvalue weighted by Crippen LogP contribution is -1.98. The molecule has 25 heavy (non-hydrogen) atoms. The fraction of sp³-hybridized carbons (Fsp3) is 0.294. The predicted molar refractivity (Wildman–Crippen MR) is 89.5 cm³/mol. The van der Waals surface area contributed by atoms with Crippen LogP contribution in [-0.2, 0) is 28.7 Å². The number of hydrogen-bond acceptors (Lipinski definition) is 6. The predicted octanol–water partition coefficient (Wildman–Crippen LogP) is 2.23. The van der Waals surface area contributed by atoms with Crippen molar-refractivity contribution in [3.8, 4) is 0 Å². The lowest BCUT2D eigenvalue weighted by molar-refractivity contribution is -0.136. The van der Waals surface area contributed by atoms with Crippen LogP contribution >= 0.6 is 0 Å². The molecular weight excluding hydrogens is 332 g/mol. The number of methoxy groups -OCH3 is 1. The largest absolute Gasteiger partial charge is 0.478 e. The Morgan fingerprint density at radius 1 is 0.880 bits per heavy atom. The number of ether oxygens (including phenoxy) is 2. The number of esters is 2. The molecule has 138 valence electrons. The Hall–Kier alpha value is -3.16. The van der Waals surface area contributed by atoms with E-state index in [1.54, 1.807) is 6.08 Å². The number of aliphatic carboxylic acids is 2. The molecule has 2 N–H and O–H groups in total. The summed E-state index contributed by atoms with van der Waals surface area (Å²) in [4.78, 5) is 40.8. The van der Waals surface area contributed by atoms with E-state index in [1.807, 2.05) is 12.2 Å². The Kier molecular flexibility index (Phi) is 16.6. The first-order chi connectivity index (χ1) is 11.8. The Balaban J connectivity index is 0. The van der Waals surface area contributed by atoms with Gasteiger partial charge in [-0.15, -0.1) is 0 Å². The molecule has 0 amide bonds. The quantitative estimate of drug-likeness (QED) is 0.212. The second-order valence-corrected chi connectivity index (χ2v) is 4.20. The molecule has 0 radical (unpaired) electrons. The molecule has 0 fully saturated rings. The monoisotopic (exact) mass is 354 g/mol. The van der Waals surface area contributed by atoms with Gasteiger partial charge < -0.3 is 19.7 Å². The minimum Gasteiger partial charge on any atom is -0.478 e. The molecule has 0 atom stereocenters. The van der Waals surface area contributed by atoms with E-state index in [-0.39, 0.29) is 0 Å². The Bertz CT molecular complexity index is 525. The van der Waals surface area contributed by atoms with Crippen LogP contribution in [0.2, 0.25) is 0 Å². The molecule has 0 aromatic carbocycles. The van der Waals surface area contributed by atoms with Crippen molar-refractivity contribution in [1.29, 1.82) is 0 Å². The SMILES string of the molecule is CCCCC=CC=COC(=O)/C=C/C(=O)OC.O=C(O)/C=C\C(=O)O. The summed E-state index contributed by atoms with van der Waals surface area (Å²) in [5, 5.41) is 15.6. The van der Waals surface area contributed by atoms with Crippen LogP contribution in [-0.4, -0.2) is 41.2 Å². The number of hydrogen-bond donors (Lipinski definition) is 2. The van der Waals surface area contributed by atoms with Crippen molar-refractivity contribution in [2.45, 2.75) is 26.2 Å². The highest BCUT2D eigenvalue weighted by atomic mass is 16.5. The molecule has 0 spiro atoms. The van der Waals surface area contributed by atoms with E-state index in [4.69, 9.17) is 10.2 Å². The van der Waals surface area contributed by atoms with Gasteiger partial charge in [0.15, 0.2) is 0 Å².